The van der Waals surface area contributed by atoms with Gasteiger partial charge in [0.2, 0.25) is 11.8 Å². The lowest BCUT2D eigenvalue weighted by Gasteiger charge is -2.35. The molecule has 210 valence electrons. The van der Waals surface area contributed by atoms with Gasteiger partial charge in [0.05, 0.1) is 16.7 Å². The van der Waals surface area contributed by atoms with Gasteiger partial charge in [-0.25, -0.2) is 9.98 Å². The first-order chi connectivity index (χ1) is 20.5. The molecule has 7 nitrogen and oxygen atoms in total. The summed E-state index contributed by atoms with van der Waals surface area (Å²) in [6.45, 7) is 4.75. The maximum atomic E-state index is 11.1. The smallest absolute Gasteiger partial charge is 0.269 e. The van der Waals surface area contributed by atoms with E-state index in [0.29, 0.717) is 18.3 Å². The molecule has 4 aromatic carbocycles. The Morgan fingerprint density at radius 1 is 0.881 bits per heavy atom. The van der Waals surface area contributed by atoms with E-state index in [-0.39, 0.29) is 28.5 Å². The summed E-state index contributed by atoms with van der Waals surface area (Å²) in [6.07, 6.45) is 2.21. The fourth-order valence-corrected chi connectivity index (χ4v) is 5.69. The molecule has 0 bridgehead atoms. The first-order valence-corrected chi connectivity index (χ1v) is 14.2. The summed E-state index contributed by atoms with van der Waals surface area (Å²) >= 11 is 0. The van der Waals surface area contributed by atoms with E-state index in [1.54, 1.807) is 12.1 Å². The molecule has 4 aromatic rings. The number of nitro groups is 1. The molecule has 0 spiro atoms. The van der Waals surface area contributed by atoms with Gasteiger partial charge in [0, 0.05) is 24.6 Å². The van der Waals surface area contributed by atoms with Crippen LogP contribution in [0.15, 0.2) is 131 Å². The van der Waals surface area contributed by atoms with E-state index in [2.05, 4.69) is 73.8 Å². The lowest BCUT2D eigenvalue weighted by atomic mass is 9.72. The number of hydrogen-bond donors (Lipinski definition) is 1. The molecule has 2 heterocycles. The highest BCUT2D eigenvalue weighted by Gasteiger charge is 2.54. The van der Waals surface area contributed by atoms with Crippen molar-refractivity contribution in [2.45, 2.75) is 37.9 Å². The number of nitro benzene ring substituents is 1. The lowest BCUT2D eigenvalue weighted by molar-refractivity contribution is -0.384. The summed E-state index contributed by atoms with van der Waals surface area (Å²) in [5, 5.41) is 14.7. The molecule has 0 amide bonds. The molecule has 2 aliphatic heterocycles. The molecule has 0 fully saturated rings. The minimum absolute atomic E-state index is 0.0724. The largest absolute Gasteiger partial charge is 0.424 e. The number of nitrogens with one attached hydrogen (secondary N) is 1. The van der Waals surface area contributed by atoms with Gasteiger partial charge >= 0.3 is 0 Å². The van der Waals surface area contributed by atoms with Crippen molar-refractivity contribution in [2.75, 3.05) is 0 Å². The Kier molecular flexibility index (Phi) is 7.50. The maximum Gasteiger partial charge on any atom is 0.269 e. The number of nitrogens with zero attached hydrogens (tertiary/aromatic N) is 3. The first kappa shape index (κ1) is 27.3. The van der Waals surface area contributed by atoms with Crippen LogP contribution in [0.2, 0.25) is 0 Å². The molecule has 0 unspecified atom stereocenters. The molecule has 7 heteroatoms. The van der Waals surface area contributed by atoms with Crippen molar-refractivity contribution in [3.05, 3.63) is 154 Å². The highest BCUT2D eigenvalue weighted by atomic mass is 16.6. The quantitative estimate of drug-likeness (QED) is 0.173. The second-order valence-electron chi connectivity index (χ2n) is 10.9. The SMILES string of the molecule is CC(C)[C@H](NCc1ccc([N+](=O)[O-])cc1)C1=N[C@]2(c3ccccc3)C(=NC(c3ccccc3)=C[C@@H]2c2ccccc2)O1. The summed E-state index contributed by atoms with van der Waals surface area (Å²) < 4.78 is 6.70. The number of hydrogen-bond acceptors (Lipinski definition) is 6. The lowest BCUT2D eigenvalue weighted by Crippen LogP contribution is -2.41. The van der Waals surface area contributed by atoms with Crippen LogP contribution >= 0.6 is 0 Å². The highest BCUT2D eigenvalue weighted by molar-refractivity contribution is 6.09. The predicted molar refractivity (Wildman–Crippen MR) is 166 cm³/mol. The Hall–Kier alpha value is -4.88. The van der Waals surface area contributed by atoms with Crippen LogP contribution in [0, 0.1) is 16.0 Å². The zero-order valence-electron chi connectivity index (χ0n) is 23.6. The molecule has 0 saturated heterocycles. The highest BCUT2D eigenvalue weighted by Crippen LogP contribution is 2.50. The topological polar surface area (TPSA) is 89.1 Å². The molecule has 0 saturated carbocycles. The van der Waals surface area contributed by atoms with Crippen LogP contribution in [-0.4, -0.2) is 22.8 Å². The summed E-state index contributed by atoms with van der Waals surface area (Å²) in [6, 6.07) is 37.2. The minimum atomic E-state index is -0.877. The van der Waals surface area contributed by atoms with Gasteiger partial charge in [-0.15, -0.1) is 0 Å². The van der Waals surface area contributed by atoms with E-state index < -0.39 is 5.54 Å². The Bertz CT molecular complexity index is 1650. The van der Waals surface area contributed by atoms with Crippen LogP contribution in [0.25, 0.3) is 5.70 Å². The molecule has 1 N–H and O–H groups in total. The van der Waals surface area contributed by atoms with E-state index in [9.17, 15) is 10.1 Å². The van der Waals surface area contributed by atoms with Crippen molar-refractivity contribution in [1.29, 1.82) is 0 Å². The van der Waals surface area contributed by atoms with Gasteiger partial charge in [0.1, 0.15) is 0 Å². The van der Waals surface area contributed by atoms with E-state index in [0.717, 1.165) is 28.0 Å². The van der Waals surface area contributed by atoms with Gasteiger partial charge < -0.3 is 10.1 Å². The van der Waals surface area contributed by atoms with E-state index in [1.165, 1.54) is 12.1 Å². The number of fused-ring (bicyclic) bond motifs is 1. The number of ether oxygens (including phenoxy) is 1. The summed E-state index contributed by atoms with van der Waals surface area (Å²) in [5.74, 6) is 1.12. The normalized spacial score (nSPS) is 20.2. The standard InChI is InChI=1S/C35H32N4O3/c1-24(2)32(36-23-25-18-20-29(21-19-25)39(40)41)33-38-35(28-16-10-5-11-17-28)30(26-12-6-3-7-13-26)22-31(37-34(35)42-33)27-14-8-4-9-15-27/h3-22,24,30,32,36H,23H2,1-2H3/t30-,32+,35+/m1/s1. The average molecular weight is 557 g/mol. The molecule has 0 aromatic heterocycles. The summed E-state index contributed by atoms with van der Waals surface area (Å²) in [4.78, 5) is 21.3. The fourth-order valence-electron chi connectivity index (χ4n) is 5.69. The first-order valence-electron chi connectivity index (χ1n) is 14.2. The van der Waals surface area contributed by atoms with Crippen molar-refractivity contribution in [2.24, 2.45) is 15.9 Å². The third-order valence-corrected chi connectivity index (χ3v) is 7.86. The van der Waals surface area contributed by atoms with Crippen LogP contribution < -0.4 is 5.32 Å². The Morgan fingerprint density at radius 2 is 1.50 bits per heavy atom. The van der Waals surface area contributed by atoms with Crippen molar-refractivity contribution < 1.29 is 9.66 Å². The second kappa shape index (κ2) is 11.5. The molecule has 0 aliphatic carbocycles. The molecule has 3 atom stereocenters. The van der Waals surface area contributed by atoms with Crippen molar-refractivity contribution in [3.63, 3.8) is 0 Å². The van der Waals surface area contributed by atoms with Crippen LogP contribution in [0.1, 0.15) is 42.0 Å². The monoisotopic (exact) mass is 556 g/mol. The maximum absolute atomic E-state index is 11.1. The summed E-state index contributed by atoms with van der Waals surface area (Å²) in [7, 11) is 0. The average Bonchev–Trinajstić information content (AvgIpc) is 3.42. The number of aliphatic imine (C=N–C) groups is 2. The van der Waals surface area contributed by atoms with Crippen LogP contribution in [-0.2, 0) is 16.8 Å². The van der Waals surface area contributed by atoms with Crippen LogP contribution in [0.3, 0.4) is 0 Å². The van der Waals surface area contributed by atoms with E-state index >= 15 is 0 Å². The van der Waals surface area contributed by atoms with Gasteiger partial charge in [-0.2, -0.15) is 0 Å². The van der Waals surface area contributed by atoms with E-state index in [4.69, 9.17) is 14.7 Å². The summed E-state index contributed by atoms with van der Waals surface area (Å²) in [5.41, 5.74) is 4.13. The number of non-ortho nitro benzene ring substituents is 1. The third kappa shape index (κ3) is 5.15. The van der Waals surface area contributed by atoms with Gasteiger partial charge in [-0.3, -0.25) is 10.1 Å². The molecule has 2 aliphatic rings. The minimum Gasteiger partial charge on any atom is -0.424 e. The molecule has 42 heavy (non-hydrogen) atoms. The zero-order valence-corrected chi connectivity index (χ0v) is 23.6. The molecule has 0 radical (unpaired) electrons. The zero-order chi connectivity index (χ0) is 29.1. The fraction of sp³-hybridized carbons (Fsp3) is 0.200. The Morgan fingerprint density at radius 3 is 2.12 bits per heavy atom. The van der Waals surface area contributed by atoms with E-state index in [1.807, 2.05) is 42.5 Å². The van der Waals surface area contributed by atoms with Crippen molar-refractivity contribution in [1.82, 2.24) is 5.32 Å². The Labute approximate surface area is 245 Å². The number of rotatable bonds is 9. The predicted octanol–water partition coefficient (Wildman–Crippen LogP) is 7.27. The number of benzene rings is 4. The van der Waals surface area contributed by atoms with Gasteiger partial charge in [0.25, 0.3) is 5.69 Å². The molecule has 6 rings (SSSR count). The van der Waals surface area contributed by atoms with Gasteiger partial charge in [0.15, 0.2) is 5.54 Å². The Balaban J connectivity index is 1.44. The second-order valence-corrected chi connectivity index (χ2v) is 10.9. The van der Waals surface area contributed by atoms with Crippen LogP contribution in [0.4, 0.5) is 5.69 Å². The third-order valence-electron chi connectivity index (χ3n) is 7.86. The molecular weight excluding hydrogens is 524 g/mol. The van der Waals surface area contributed by atoms with Crippen LogP contribution in [0.5, 0.6) is 0 Å². The van der Waals surface area contributed by atoms with Gasteiger partial charge in [-0.05, 0) is 34.2 Å². The molecular formula is C35H32N4O3. The van der Waals surface area contributed by atoms with Crippen molar-refractivity contribution in [3.8, 4) is 0 Å². The van der Waals surface area contributed by atoms with Crippen molar-refractivity contribution >= 4 is 23.2 Å². The van der Waals surface area contributed by atoms with Gasteiger partial charge in [-0.1, -0.05) is 117 Å².